The van der Waals surface area contributed by atoms with Crippen LogP contribution in [0.5, 0.6) is 0 Å². The first-order chi connectivity index (χ1) is 24.5. The van der Waals surface area contributed by atoms with Gasteiger partial charge in [0.05, 0.1) is 22.4 Å². The number of ether oxygens (including phenoxy) is 1. The molecule has 4 aromatic rings. The zero-order chi connectivity index (χ0) is 37.8. The second-order valence-corrected chi connectivity index (χ2v) is 13.7. The molecule has 0 fully saturated rings. The lowest BCUT2D eigenvalue weighted by atomic mass is 9.75. The van der Waals surface area contributed by atoms with Gasteiger partial charge in [0, 0.05) is 13.0 Å². The van der Waals surface area contributed by atoms with Gasteiger partial charge in [0.15, 0.2) is 17.3 Å². The van der Waals surface area contributed by atoms with Gasteiger partial charge in [0.25, 0.3) is 12.3 Å². The summed E-state index contributed by atoms with van der Waals surface area (Å²) < 4.78 is 73.1. The van der Waals surface area contributed by atoms with Crippen LogP contribution in [-0.2, 0) is 15.1 Å². The summed E-state index contributed by atoms with van der Waals surface area (Å²) in [5.74, 6) is -1.45. The predicted octanol–water partition coefficient (Wildman–Crippen LogP) is 6.43. The topological polar surface area (TPSA) is 158 Å². The maximum absolute atomic E-state index is 14.8. The molecule has 2 aromatic heterocycles. The summed E-state index contributed by atoms with van der Waals surface area (Å²) in [6.45, 7) is 5.18. The fraction of sp³-hybridized carbons (Fsp3) is 0.424. The highest BCUT2D eigenvalue weighted by Crippen LogP contribution is 2.45. The Bertz CT molecular complexity index is 1890. The normalized spacial score (nSPS) is 17.1. The van der Waals surface area contributed by atoms with E-state index < -0.39 is 60.5 Å². The third kappa shape index (κ3) is 8.66. The number of amides is 2. The number of nitrogens with zero attached hydrogens (tertiary/aromatic N) is 8. The minimum atomic E-state index is -4.32. The SMILES string of the molecule is CC(C)(C)C[C@]1(c2ccc(-n3cncn3)cc2)N=C(N)N([C@H](COC(=O)NCCCCC(F)(F)F)c2ccc(Cl)c(-n3ncnc3C(F)F)c2)C1=O. The molecular weight excluding hydrogens is 715 g/mol. The first kappa shape index (κ1) is 38.1. The quantitative estimate of drug-likeness (QED) is 0.117. The van der Waals surface area contributed by atoms with Gasteiger partial charge in [-0.3, -0.25) is 9.69 Å². The Balaban J connectivity index is 1.51. The van der Waals surface area contributed by atoms with E-state index in [1.165, 1.54) is 35.8 Å². The summed E-state index contributed by atoms with van der Waals surface area (Å²) in [6.07, 6.45) is -5.41. The van der Waals surface area contributed by atoms with Crippen LogP contribution in [0.25, 0.3) is 11.4 Å². The van der Waals surface area contributed by atoms with Crippen LogP contribution in [0.1, 0.15) is 75.9 Å². The standard InChI is InChI=1S/C33H36ClF5N10O3/c1-31(2,3)16-32(21-7-9-22(10-8-21)47-19-41-17-44-47)28(50)48(29(40)46-32)25(15-52-30(51)42-13-5-4-12-33(37,38)39)20-6-11-23(34)24(14-20)49-27(26(35)36)43-18-45-49/h6-11,14,17-19,25-26H,4-5,12-13,15-16H2,1-3H3,(H2,40,46)(H,42,51)/t25-,32-/m1/s1. The molecule has 3 N–H and O–H groups in total. The van der Waals surface area contributed by atoms with Gasteiger partial charge in [-0.25, -0.2) is 37.9 Å². The van der Waals surface area contributed by atoms with Crippen molar-refractivity contribution >= 4 is 29.6 Å². The molecule has 1 aliphatic heterocycles. The van der Waals surface area contributed by atoms with Gasteiger partial charge in [0.2, 0.25) is 0 Å². The molecule has 5 rings (SSSR count). The highest BCUT2D eigenvalue weighted by molar-refractivity contribution is 6.32. The van der Waals surface area contributed by atoms with E-state index in [2.05, 4.69) is 25.5 Å². The van der Waals surface area contributed by atoms with E-state index >= 15 is 0 Å². The smallest absolute Gasteiger partial charge is 0.407 e. The molecule has 0 aliphatic carbocycles. The Morgan fingerprint density at radius 1 is 1.06 bits per heavy atom. The molecule has 2 atom stereocenters. The van der Waals surface area contributed by atoms with Gasteiger partial charge >= 0.3 is 12.3 Å². The van der Waals surface area contributed by atoms with Gasteiger partial charge in [-0.2, -0.15) is 23.4 Å². The second-order valence-electron chi connectivity index (χ2n) is 13.3. The summed E-state index contributed by atoms with van der Waals surface area (Å²) in [7, 11) is 0. The number of hydrogen-bond acceptors (Lipinski definition) is 9. The fourth-order valence-corrected chi connectivity index (χ4v) is 6.15. The van der Waals surface area contributed by atoms with Crippen LogP contribution in [0.15, 0.2) is 66.4 Å². The average molecular weight is 751 g/mol. The third-order valence-corrected chi connectivity index (χ3v) is 8.45. The molecule has 0 radical (unpaired) electrons. The van der Waals surface area contributed by atoms with Crippen LogP contribution < -0.4 is 11.1 Å². The molecular formula is C33H36ClF5N10O3. The summed E-state index contributed by atoms with van der Waals surface area (Å²) >= 11 is 6.43. The third-order valence-electron chi connectivity index (χ3n) is 8.13. The number of halogens is 6. The number of guanidine groups is 1. The molecule has 19 heteroatoms. The van der Waals surface area contributed by atoms with Gasteiger partial charge in [-0.15, -0.1) is 0 Å². The van der Waals surface area contributed by atoms with Crippen molar-refractivity contribution in [3.63, 3.8) is 0 Å². The molecule has 278 valence electrons. The number of hydrogen-bond donors (Lipinski definition) is 2. The molecule has 0 spiro atoms. The number of nitrogens with one attached hydrogen (secondary N) is 1. The number of aliphatic imine (C=N–C) groups is 1. The van der Waals surface area contributed by atoms with Crippen LogP contribution in [0, 0.1) is 5.41 Å². The predicted molar refractivity (Wildman–Crippen MR) is 179 cm³/mol. The van der Waals surface area contributed by atoms with Crippen molar-refractivity contribution in [3.05, 3.63) is 83.4 Å². The van der Waals surface area contributed by atoms with E-state index in [-0.39, 0.29) is 48.0 Å². The summed E-state index contributed by atoms with van der Waals surface area (Å²) in [4.78, 5) is 41.1. The number of aromatic nitrogens is 6. The van der Waals surface area contributed by atoms with E-state index in [0.29, 0.717) is 11.3 Å². The Morgan fingerprint density at radius 2 is 1.79 bits per heavy atom. The highest BCUT2D eigenvalue weighted by Gasteiger charge is 2.53. The van der Waals surface area contributed by atoms with Gasteiger partial charge in [-0.05, 0) is 60.1 Å². The van der Waals surface area contributed by atoms with Crippen LogP contribution in [-0.4, -0.2) is 71.7 Å². The lowest BCUT2D eigenvalue weighted by molar-refractivity contribution is -0.136. The highest BCUT2D eigenvalue weighted by atomic mass is 35.5. The van der Waals surface area contributed by atoms with E-state index in [1.54, 1.807) is 28.9 Å². The molecule has 0 bridgehead atoms. The zero-order valence-corrected chi connectivity index (χ0v) is 29.1. The van der Waals surface area contributed by atoms with Crippen molar-refractivity contribution in [1.29, 1.82) is 0 Å². The first-order valence-corrected chi connectivity index (χ1v) is 16.5. The maximum atomic E-state index is 14.8. The van der Waals surface area contributed by atoms with Crippen molar-refractivity contribution < 1.29 is 36.3 Å². The van der Waals surface area contributed by atoms with Crippen molar-refractivity contribution in [1.82, 2.24) is 39.7 Å². The first-order valence-electron chi connectivity index (χ1n) is 16.1. The number of alkyl halides is 5. The molecule has 2 amide bonds. The van der Waals surface area contributed by atoms with Crippen molar-refractivity contribution in [3.8, 4) is 11.4 Å². The van der Waals surface area contributed by atoms with Gasteiger partial charge in [0.1, 0.15) is 25.6 Å². The van der Waals surface area contributed by atoms with Crippen LogP contribution >= 0.6 is 11.6 Å². The number of carbonyl (C=O) groups excluding carboxylic acids is 2. The maximum Gasteiger partial charge on any atom is 0.407 e. The van der Waals surface area contributed by atoms with E-state index in [4.69, 9.17) is 27.1 Å². The average Bonchev–Trinajstić information content (AvgIpc) is 3.82. The minimum absolute atomic E-state index is 0.00195. The molecule has 0 unspecified atom stereocenters. The number of rotatable bonds is 13. The number of carbonyl (C=O) groups is 2. The minimum Gasteiger partial charge on any atom is -0.447 e. The summed E-state index contributed by atoms with van der Waals surface area (Å²) in [5.41, 5.74) is 6.00. The Morgan fingerprint density at radius 3 is 2.42 bits per heavy atom. The molecule has 2 aromatic carbocycles. The van der Waals surface area contributed by atoms with Crippen LogP contribution in [0.2, 0.25) is 5.02 Å². The summed E-state index contributed by atoms with van der Waals surface area (Å²) in [5, 5.41) is 10.5. The summed E-state index contributed by atoms with van der Waals surface area (Å²) in [6, 6.07) is 10.1. The van der Waals surface area contributed by atoms with Crippen molar-refractivity contribution in [2.45, 2.75) is 70.6 Å². The fourth-order valence-electron chi connectivity index (χ4n) is 5.96. The number of benzene rings is 2. The van der Waals surface area contributed by atoms with Crippen molar-refractivity contribution in [2.75, 3.05) is 13.2 Å². The Labute approximate surface area is 300 Å². The Hall–Kier alpha value is -5.13. The number of unbranched alkanes of at least 4 members (excludes halogenated alkanes) is 1. The van der Waals surface area contributed by atoms with Gasteiger partial charge < -0.3 is 15.8 Å². The largest absolute Gasteiger partial charge is 0.447 e. The molecule has 13 nitrogen and oxygen atoms in total. The molecule has 0 saturated carbocycles. The van der Waals surface area contributed by atoms with Crippen LogP contribution in [0.3, 0.4) is 0 Å². The van der Waals surface area contributed by atoms with E-state index in [1.807, 2.05) is 20.8 Å². The number of nitrogens with two attached hydrogens (primary N) is 1. The zero-order valence-electron chi connectivity index (χ0n) is 28.3. The van der Waals surface area contributed by atoms with E-state index in [0.717, 1.165) is 11.0 Å². The molecule has 1 aliphatic rings. The molecule has 52 heavy (non-hydrogen) atoms. The lowest BCUT2D eigenvalue weighted by Gasteiger charge is -2.35. The molecule has 3 heterocycles. The molecule has 0 saturated heterocycles. The second kappa shape index (κ2) is 15.2. The Kier molecular flexibility index (Phi) is 11.2. The van der Waals surface area contributed by atoms with Crippen molar-refractivity contribution in [2.24, 2.45) is 16.1 Å². The van der Waals surface area contributed by atoms with E-state index in [9.17, 15) is 31.5 Å². The monoisotopic (exact) mass is 750 g/mol. The van der Waals surface area contributed by atoms with Gasteiger partial charge in [-0.1, -0.05) is 50.6 Å². The van der Waals surface area contributed by atoms with Crippen LogP contribution in [0.4, 0.5) is 26.7 Å². The number of alkyl carbamates (subject to hydrolysis) is 1. The lowest BCUT2D eigenvalue weighted by Crippen LogP contribution is -2.47.